The maximum atomic E-state index is 12.1. The van der Waals surface area contributed by atoms with Crippen LogP contribution in [0.4, 0.5) is 0 Å². The molecule has 0 atom stereocenters. The SMILES string of the molecule is C=CCOc1ccc(C(=O)N/N=C/c2ccc(OCc3ccc(Cl)cc3)cc2)cc1. The molecule has 0 fully saturated rings. The number of nitrogens with zero attached hydrogens (tertiary/aromatic N) is 1. The van der Waals surface area contributed by atoms with Gasteiger partial charge in [0.1, 0.15) is 24.7 Å². The zero-order chi connectivity index (χ0) is 21.2. The predicted molar refractivity (Wildman–Crippen MR) is 119 cm³/mol. The first-order valence-corrected chi connectivity index (χ1v) is 9.66. The average molecular weight is 421 g/mol. The van der Waals surface area contributed by atoms with E-state index in [2.05, 4.69) is 17.1 Å². The van der Waals surface area contributed by atoms with E-state index in [1.54, 1.807) is 36.6 Å². The van der Waals surface area contributed by atoms with Crippen LogP contribution in [0.5, 0.6) is 11.5 Å². The zero-order valence-corrected chi connectivity index (χ0v) is 17.0. The predicted octanol–water partition coefficient (Wildman–Crippen LogP) is 5.25. The number of hydrazone groups is 1. The monoisotopic (exact) mass is 420 g/mol. The third-order valence-electron chi connectivity index (χ3n) is 4.06. The Bertz CT molecular complexity index is 998. The van der Waals surface area contributed by atoms with Gasteiger partial charge in [-0.2, -0.15) is 5.10 Å². The van der Waals surface area contributed by atoms with Gasteiger partial charge in [-0.15, -0.1) is 0 Å². The highest BCUT2D eigenvalue weighted by atomic mass is 35.5. The third kappa shape index (κ3) is 6.50. The summed E-state index contributed by atoms with van der Waals surface area (Å²) >= 11 is 5.88. The van der Waals surface area contributed by atoms with Gasteiger partial charge >= 0.3 is 0 Å². The van der Waals surface area contributed by atoms with E-state index < -0.39 is 0 Å². The van der Waals surface area contributed by atoms with E-state index in [4.69, 9.17) is 21.1 Å². The van der Waals surface area contributed by atoms with Gasteiger partial charge in [0.2, 0.25) is 0 Å². The van der Waals surface area contributed by atoms with Crippen LogP contribution in [-0.4, -0.2) is 18.7 Å². The summed E-state index contributed by atoms with van der Waals surface area (Å²) in [5, 5.41) is 4.70. The van der Waals surface area contributed by atoms with Gasteiger partial charge in [-0.05, 0) is 71.8 Å². The second-order valence-corrected chi connectivity index (χ2v) is 6.74. The topological polar surface area (TPSA) is 59.9 Å². The Labute approximate surface area is 180 Å². The van der Waals surface area contributed by atoms with Crippen LogP contribution < -0.4 is 14.9 Å². The fourth-order valence-corrected chi connectivity index (χ4v) is 2.61. The molecule has 0 saturated carbocycles. The van der Waals surface area contributed by atoms with E-state index in [0.717, 1.165) is 16.9 Å². The molecule has 0 aliphatic heterocycles. The average Bonchev–Trinajstić information content (AvgIpc) is 2.78. The number of rotatable bonds is 9. The maximum absolute atomic E-state index is 12.1. The summed E-state index contributed by atoms with van der Waals surface area (Å²) in [6.45, 7) is 4.47. The van der Waals surface area contributed by atoms with Crippen molar-refractivity contribution in [2.75, 3.05) is 6.61 Å². The van der Waals surface area contributed by atoms with Crippen molar-refractivity contribution in [3.05, 3.63) is 107 Å². The van der Waals surface area contributed by atoms with E-state index in [0.29, 0.717) is 29.5 Å². The molecule has 5 nitrogen and oxygen atoms in total. The quantitative estimate of drug-likeness (QED) is 0.292. The summed E-state index contributed by atoms with van der Waals surface area (Å²) in [5.41, 5.74) is 4.87. The van der Waals surface area contributed by atoms with E-state index in [9.17, 15) is 4.79 Å². The maximum Gasteiger partial charge on any atom is 0.271 e. The summed E-state index contributed by atoms with van der Waals surface area (Å²) in [7, 11) is 0. The number of nitrogens with one attached hydrogen (secondary N) is 1. The Kier molecular flexibility index (Phi) is 7.64. The van der Waals surface area contributed by atoms with Crippen molar-refractivity contribution in [1.29, 1.82) is 0 Å². The van der Waals surface area contributed by atoms with Crippen molar-refractivity contribution in [3.63, 3.8) is 0 Å². The molecular weight excluding hydrogens is 400 g/mol. The Balaban J connectivity index is 1.48. The summed E-state index contributed by atoms with van der Waals surface area (Å²) in [6.07, 6.45) is 3.23. The third-order valence-corrected chi connectivity index (χ3v) is 4.31. The van der Waals surface area contributed by atoms with Gasteiger partial charge in [-0.3, -0.25) is 4.79 Å². The highest BCUT2D eigenvalue weighted by molar-refractivity contribution is 6.30. The number of ether oxygens (including phenoxy) is 2. The van der Waals surface area contributed by atoms with Gasteiger partial charge in [0.25, 0.3) is 5.91 Å². The van der Waals surface area contributed by atoms with Gasteiger partial charge in [0, 0.05) is 10.6 Å². The number of benzene rings is 3. The Morgan fingerprint density at radius 3 is 2.23 bits per heavy atom. The van der Waals surface area contributed by atoms with Crippen LogP contribution in [0, 0.1) is 0 Å². The summed E-state index contributed by atoms with van der Waals surface area (Å²) < 4.78 is 11.1. The molecule has 152 valence electrons. The molecule has 0 aliphatic carbocycles. The number of hydrogen-bond acceptors (Lipinski definition) is 4. The van der Waals surface area contributed by atoms with E-state index in [1.807, 2.05) is 48.5 Å². The molecule has 6 heteroatoms. The lowest BCUT2D eigenvalue weighted by Gasteiger charge is -2.06. The molecule has 3 aromatic rings. The van der Waals surface area contributed by atoms with Crippen LogP contribution in [-0.2, 0) is 6.61 Å². The largest absolute Gasteiger partial charge is 0.490 e. The number of carbonyl (C=O) groups is 1. The summed E-state index contributed by atoms with van der Waals surface area (Å²) in [6, 6.07) is 21.7. The lowest BCUT2D eigenvalue weighted by Crippen LogP contribution is -2.17. The second-order valence-electron chi connectivity index (χ2n) is 6.31. The first-order valence-electron chi connectivity index (χ1n) is 9.28. The van der Waals surface area contributed by atoms with Gasteiger partial charge in [-0.1, -0.05) is 36.4 Å². The van der Waals surface area contributed by atoms with Crippen LogP contribution in [0.15, 0.2) is 90.6 Å². The molecule has 0 radical (unpaired) electrons. The van der Waals surface area contributed by atoms with Gasteiger partial charge in [0.05, 0.1) is 6.21 Å². The second kappa shape index (κ2) is 10.8. The molecule has 30 heavy (non-hydrogen) atoms. The summed E-state index contributed by atoms with van der Waals surface area (Å²) in [4.78, 5) is 12.1. The number of amides is 1. The van der Waals surface area contributed by atoms with E-state index in [1.165, 1.54) is 0 Å². The zero-order valence-electron chi connectivity index (χ0n) is 16.3. The normalized spacial score (nSPS) is 10.6. The minimum Gasteiger partial charge on any atom is -0.490 e. The van der Waals surface area contributed by atoms with E-state index in [-0.39, 0.29) is 5.91 Å². The smallest absolute Gasteiger partial charge is 0.271 e. The molecule has 0 saturated heterocycles. The molecule has 1 N–H and O–H groups in total. The van der Waals surface area contributed by atoms with Crippen LogP contribution in [0.25, 0.3) is 0 Å². The first kappa shape index (κ1) is 21.1. The molecule has 0 aliphatic rings. The standard InChI is InChI=1S/C24H21ClN2O3/c1-2-15-29-22-13-7-20(8-14-22)24(28)27-26-16-18-5-11-23(12-6-18)30-17-19-3-9-21(25)10-4-19/h2-14,16H,1,15,17H2,(H,27,28)/b26-16+. The molecule has 0 spiro atoms. The molecular formula is C24H21ClN2O3. The van der Waals surface area contributed by atoms with Crippen LogP contribution in [0.2, 0.25) is 5.02 Å². The highest BCUT2D eigenvalue weighted by Crippen LogP contribution is 2.15. The Hall–Kier alpha value is -3.57. The van der Waals surface area contributed by atoms with Crippen molar-refractivity contribution < 1.29 is 14.3 Å². The molecule has 3 aromatic carbocycles. The molecule has 0 heterocycles. The molecule has 0 aromatic heterocycles. The van der Waals surface area contributed by atoms with Gasteiger partial charge in [-0.25, -0.2) is 5.43 Å². The summed E-state index contributed by atoms with van der Waals surface area (Å²) in [5.74, 6) is 1.11. The minimum atomic E-state index is -0.301. The van der Waals surface area contributed by atoms with Crippen LogP contribution in [0.3, 0.4) is 0 Å². The minimum absolute atomic E-state index is 0.301. The Morgan fingerprint density at radius 1 is 0.933 bits per heavy atom. The van der Waals surface area contributed by atoms with Gasteiger partial charge < -0.3 is 9.47 Å². The van der Waals surface area contributed by atoms with Crippen LogP contribution >= 0.6 is 11.6 Å². The lowest BCUT2D eigenvalue weighted by atomic mass is 10.2. The molecule has 1 amide bonds. The number of carbonyl (C=O) groups excluding carboxylic acids is 1. The van der Waals surface area contributed by atoms with Gasteiger partial charge in [0.15, 0.2) is 0 Å². The van der Waals surface area contributed by atoms with Crippen molar-refractivity contribution in [2.24, 2.45) is 5.10 Å². The van der Waals surface area contributed by atoms with Crippen molar-refractivity contribution in [2.45, 2.75) is 6.61 Å². The first-order chi connectivity index (χ1) is 14.6. The molecule has 3 rings (SSSR count). The van der Waals surface area contributed by atoms with Crippen molar-refractivity contribution in [3.8, 4) is 11.5 Å². The Morgan fingerprint density at radius 2 is 1.57 bits per heavy atom. The van der Waals surface area contributed by atoms with E-state index >= 15 is 0 Å². The van der Waals surface area contributed by atoms with Crippen molar-refractivity contribution >= 4 is 23.7 Å². The van der Waals surface area contributed by atoms with Crippen LogP contribution in [0.1, 0.15) is 21.5 Å². The number of hydrogen-bond donors (Lipinski definition) is 1. The number of halogens is 1. The highest BCUT2D eigenvalue weighted by Gasteiger charge is 2.04. The van der Waals surface area contributed by atoms with Crippen molar-refractivity contribution in [1.82, 2.24) is 5.43 Å². The molecule has 0 unspecified atom stereocenters. The molecule has 0 bridgehead atoms. The fourth-order valence-electron chi connectivity index (χ4n) is 2.49. The lowest BCUT2D eigenvalue weighted by molar-refractivity contribution is 0.0955. The fraction of sp³-hybridized carbons (Fsp3) is 0.0833.